The van der Waals surface area contributed by atoms with E-state index in [1.54, 1.807) is 35.4 Å². The molecule has 0 unspecified atom stereocenters. The smallest absolute Gasteiger partial charge is 0.317 e. The van der Waals surface area contributed by atoms with E-state index in [1.165, 1.54) is 4.31 Å². The summed E-state index contributed by atoms with van der Waals surface area (Å²) in [7, 11) is -3.54. The van der Waals surface area contributed by atoms with E-state index >= 15 is 0 Å². The van der Waals surface area contributed by atoms with E-state index in [1.807, 2.05) is 19.9 Å². The highest BCUT2D eigenvalue weighted by molar-refractivity contribution is 7.89. The second-order valence-electron chi connectivity index (χ2n) is 6.38. The molecule has 2 amide bonds. The summed E-state index contributed by atoms with van der Waals surface area (Å²) >= 11 is 0. The fourth-order valence-corrected chi connectivity index (χ4v) is 4.35. The van der Waals surface area contributed by atoms with Crippen molar-refractivity contribution in [3.63, 3.8) is 0 Å². The summed E-state index contributed by atoms with van der Waals surface area (Å²) in [6.07, 6.45) is 1.55. The van der Waals surface area contributed by atoms with Gasteiger partial charge in [-0.15, -0.1) is 0 Å². The van der Waals surface area contributed by atoms with Crippen LogP contribution < -0.4 is 5.32 Å². The van der Waals surface area contributed by atoms with Gasteiger partial charge in [0.2, 0.25) is 10.0 Å². The third-order valence-corrected chi connectivity index (χ3v) is 6.53. The number of nitrogens with zero attached hydrogens (tertiary/aromatic N) is 2. The number of aryl methyl sites for hydroxylation is 2. The minimum absolute atomic E-state index is 0.218. The first-order valence-electron chi connectivity index (χ1n) is 8.50. The van der Waals surface area contributed by atoms with Gasteiger partial charge in [-0.1, -0.05) is 6.07 Å². The number of amides is 2. The van der Waals surface area contributed by atoms with Crippen molar-refractivity contribution in [2.75, 3.05) is 26.2 Å². The van der Waals surface area contributed by atoms with Crippen molar-refractivity contribution in [1.29, 1.82) is 0 Å². The molecule has 8 heteroatoms. The van der Waals surface area contributed by atoms with Crippen LogP contribution >= 0.6 is 0 Å². The summed E-state index contributed by atoms with van der Waals surface area (Å²) in [6, 6.07) is 8.49. The van der Waals surface area contributed by atoms with Gasteiger partial charge < -0.3 is 14.6 Å². The predicted molar refractivity (Wildman–Crippen MR) is 97.2 cm³/mol. The first-order chi connectivity index (χ1) is 12.4. The molecule has 1 aliphatic heterocycles. The summed E-state index contributed by atoms with van der Waals surface area (Å²) in [6.45, 7) is 5.43. The van der Waals surface area contributed by atoms with E-state index in [4.69, 9.17) is 4.42 Å². The molecule has 0 radical (unpaired) electrons. The molecule has 1 aliphatic rings. The number of hydrogen-bond acceptors (Lipinski definition) is 4. The summed E-state index contributed by atoms with van der Waals surface area (Å²) < 4.78 is 32.2. The number of urea groups is 1. The maximum Gasteiger partial charge on any atom is 0.317 e. The minimum Gasteiger partial charge on any atom is -0.467 e. The van der Waals surface area contributed by atoms with Crippen molar-refractivity contribution < 1.29 is 17.6 Å². The molecule has 1 aromatic carbocycles. The third-order valence-electron chi connectivity index (χ3n) is 4.64. The molecule has 7 nitrogen and oxygen atoms in total. The lowest BCUT2D eigenvalue weighted by atomic mass is 10.1. The molecule has 0 atom stereocenters. The standard InChI is InChI=1S/C18H23N3O4S/c1-14-5-6-17(12-15(14)2)26(23,24)21-9-7-20(8-10-21)18(22)19-13-16-4-3-11-25-16/h3-6,11-12H,7-10,13H2,1-2H3,(H,19,22). The van der Waals surface area contributed by atoms with Gasteiger partial charge in [-0.2, -0.15) is 4.31 Å². The van der Waals surface area contributed by atoms with Crippen LogP contribution in [0.15, 0.2) is 45.9 Å². The van der Waals surface area contributed by atoms with Crippen molar-refractivity contribution in [2.45, 2.75) is 25.3 Å². The first-order valence-corrected chi connectivity index (χ1v) is 9.94. The number of hydrogen-bond donors (Lipinski definition) is 1. The summed E-state index contributed by atoms with van der Waals surface area (Å²) in [5.74, 6) is 0.675. The highest BCUT2D eigenvalue weighted by Gasteiger charge is 2.30. The highest BCUT2D eigenvalue weighted by atomic mass is 32.2. The van der Waals surface area contributed by atoms with Crippen molar-refractivity contribution in [3.05, 3.63) is 53.5 Å². The summed E-state index contributed by atoms with van der Waals surface area (Å²) in [5, 5.41) is 2.78. The van der Waals surface area contributed by atoms with Crippen LogP contribution in [-0.4, -0.2) is 49.8 Å². The minimum atomic E-state index is -3.54. The zero-order valence-electron chi connectivity index (χ0n) is 14.9. The number of nitrogens with one attached hydrogen (secondary N) is 1. The molecule has 2 aromatic rings. The molecule has 26 heavy (non-hydrogen) atoms. The molecule has 2 heterocycles. The highest BCUT2D eigenvalue weighted by Crippen LogP contribution is 2.20. The average molecular weight is 377 g/mol. The van der Waals surface area contributed by atoms with Crippen molar-refractivity contribution >= 4 is 16.1 Å². The summed E-state index contributed by atoms with van der Waals surface area (Å²) in [4.78, 5) is 14.1. The Bertz CT molecular complexity index is 870. The molecule has 0 bridgehead atoms. The number of furan rings is 1. The lowest BCUT2D eigenvalue weighted by Crippen LogP contribution is -2.52. The Labute approximate surface area is 153 Å². The van der Waals surface area contributed by atoms with Gasteiger partial charge in [-0.25, -0.2) is 13.2 Å². The molecule has 1 saturated heterocycles. The van der Waals surface area contributed by atoms with Gasteiger partial charge in [0.25, 0.3) is 0 Å². The maximum atomic E-state index is 12.8. The number of carbonyl (C=O) groups is 1. The van der Waals surface area contributed by atoms with Crippen LogP contribution in [-0.2, 0) is 16.6 Å². The monoisotopic (exact) mass is 377 g/mol. The SMILES string of the molecule is Cc1ccc(S(=O)(=O)N2CCN(C(=O)NCc3ccco3)CC2)cc1C. The fourth-order valence-electron chi connectivity index (χ4n) is 2.84. The van der Waals surface area contributed by atoms with Gasteiger partial charge in [0, 0.05) is 26.2 Å². The number of piperazine rings is 1. The topological polar surface area (TPSA) is 82.9 Å². The normalized spacial score (nSPS) is 15.8. The fraction of sp³-hybridized carbons (Fsp3) is 0.389. The van der Waals surface area contributed by atoms with Gasteiger partial charge in [-0.3, -0.25) is 0 Å². The number of sulfonamides is 1. The Morgan fingerprint density at radius 3 is 2.46 bits per heavy atom. The van der Waals surface area contributed by atoms with Crippen molar-refractivity contribution in [1.82, 2.24) is 14.5 Å². The molecule has 1 fully saturated rings. The zero-order chi connectivity index (χ0) is 18.7. The molecule has 3 rings (SSSR count). The second-order valence-corrected chi connectivity index (χ2v) is 8.31. The van der Waals surface area contributed by atoms with E-state index in [9.17, 15) is 13.2 Å². The van der Waals surface area contributed by atoms with Crippen molar-refractivity contribution in [2.24, 2.45) is 0 Å². The van der Waals surface area contributed by atoms with Crippen LogP contribution in [0.3, 0.4) is 0 Å². The lowest BCUT2D eigenvalue weighted by Gasteiger charge is -2.34. The van der Waals surface area contributed by atoms with E-state index in [2.05, 4.69) is 5.32 Å². The molecular formula is C18H23N3O4S. The molecule has 0 spiro atoms. The molecule has 0 aliphatic carbocycles. The molecule has 1 aromatic heterocycles. The van der Waals surface area contributed by atoms with E-state index in [-0.39, 0.29) is 19.1 Å². The molecule has 1 N–H and O–H groups in total. The lowest BCUT2D eigenvalue weighted by molar-refractivity contribution is 0.171. The molecular weight excluding hydrogens is 354 g/mol. The second kappa shape index (κ2) is 7.51. The van der Waals surface area contributed by atoms with Crippen LogP contribution in [0.2, 0.25) is 0 Å². The number of benzene rings is 1. The first kappa shape index (κ1) is 18.5. The maximum absolute atomic E-state index is 12.8. The quantitative estimate of drug-likeness (QED) is 0.885. The zero-order valence-corrected chi connectivity index (χ0v) is 15.8. The summed E-state index contributed by atoms with van der Waals surface area (Å²) in [5.41, 5.74) is 2.00. The van der Waals surface area contributed by atoms with E-state index in [0.717, 1.165) is 11.1 Å². The molecule has 140 valence electrons. The van der Waals surface area contributed by atoms with E-state index < -0.39 is 10.0 Å². The van der Waals surface area contributed by atoms with Gasteiger partial charge >= 0.3 is 6.03 Å². The number of rotatable bonds is 4. The van der Waals surface area contributed by atoms with Gasteiger partial charge in [-0.05, 0) is 49.2 Å². The van der Waals surface area contributed by atoms with Crippen LogP contribution in [0.5, 0.6) is 0 Å². The van der Waals surface area contributed by atoms with Crippen LogP contribution in [0.25, 0.3) is 0 Å². The van der Waals surface area contributed by atoms with Gasteiger partial charge in [0.15, 0.2) is 0 Å². The van der Waals surface area contributed by atoms with Crippen LogP contribution in [0.4, 0.5) is 4.79 Å². The van der Waals surface area contributed by atoms with Crippen molar-refractivity contribution in [3.8, 4) is 0 Å². The Balaban J connectivity index is 1.58. The van der Waals surface area contributed by atoms with Crippen LogP contribution in [0.1, 0.15) is 16.9 Å². The third kappa shape index (κ3) is 3.91. The van der Waals surface area contributed by atoms with Gasteiger partial charge in [0.1, 0.15) is 5.76 Å². The largest absolute Gasteiger partial charge is 0.467 e. The molecule has 0 saturated carbocycles. The average Bonchev–Trinajstić information content (AvgIpc) is 3.15. The predicted octanol–water partition coefficient (Wildman–Crippen LogP) is 2.11. The number of carbonyl (C=O) groups excluding carboxylic acids is 1. The Morgan fingerprint density at radius 1 is 1.12 bits per heavy atom. The van der Waals surface area contributed by atoms with Crippen LogP contribution in [0, 0.1) is 13.8 Å². The Hall–Kier alpha value is -2.32. The van der Waals surface area contributed by atoms with E-state index in [0.29, 0.717) is 30.3 Å². The Kier molecular flexibility index (Phi) is 5.33. The Morgan fingerprint density at radius 2 is 1.85 bits per heavy atom. The van der Waals surface area contributed by atoms with Gasteiger partial charge in [0.05, 0.1) is 17.7 Å².